The molecule has 0 aliphatic carbocycles. The van der Waals surface area contributed by atoms with Crippen LogP contribution in [-0.4, -0.2) is 50.7 Å². The lowest BCUT2D eigenvalue weighted by Gasteiger charge is -2.22. The second kappa shape index (κ2) is 15.5. The zero-order valence-electron chi connectivity index (χ0n) is 13.6. The van der Waals surface area contributed by atoms with Crippen LogP contribution in [-0.2, 0) is 19.0 Å². The van der Waals surface area contributed by atoms with Gasteiger partial charge in [0.15, 0.2) is 0 Å². The number of nitrogens with zero attached hydrogens (tertiary/aromatic N) is 1. The summed E-state index contributed by atoms with van der Waals surface area (Å²) in [4.78, 5) is 13.0. The number of hydrogen-bond donors (Lipinski definition) is 0. The Kier molecular flexibility index (Phi) is 14.8. The van der Waals surface area contributed by atoms with Gasteiger partial charge >= 0.3 is 5.97 Å². The van der Waals surface area contributed by atoms with Crippen molar-refractivity contribution in [1.29, 1.82) is 0 Å². The van der Waals surface area contributed by atoms with E-state index in [1.165, 1.54) is 6.08 Å². The first kappa shape index (κ1) is 20.1. The monoisotopic (exact) mass is 301 g/mol. The Balaban J connectivity index is 3.81. The third-order valence-corrected chi connectivity index (χ3v) is 2.86. The van der Waals surface area contributed by atoms with Crippen molar-refractivity contribution < 1.29 is 19.0 Å². The van der Waals surface area contributed by atoms with Gasteiger partial charge in [-0.3, -0.25) is 4.90 Å². The van der Waals surface area contributed by atoms with E-state index in [-0.39, 0.29) is 5.97 Å². The average Bonchev–Trinajstić information content (AvgIpc) is 2.50. The summed E-state index contributed by atoms with van der Waals surface area (Å²) in [6.45, 7) is 11.5. The van der Waals surface area contributed by atoms with Gasteiger partial charge in [-0.05, 0) is 19.3 Å². The number of carbonyl (C=O) groups excluding carboxylic acids is 1. The van der Waals surface area contributed by atoms with Crippen LogP contribution in [0.15, 0.2) is 12.7 Å². The molecule has 0 aromatic carbocycles. The van der Waals surface area contributed by atoms with Crippen molar-refractivity contribution in [3.05, 3.63) is 12.7 Å². The fraction of sp³-hybridized carbons (Fsp3) is 0.812. The lowest BCUT2D eigenvalue weighted by Crippen LogP contribution is -2.31. The summed E-state index contributed by atoms with van der Waals surface area (Å²) in [6.07, 6.45) is 6.34. The van der Waals surface area contributed by atoms with Crippen molar-refractivity contribution >= 4 is 5.97 Å². The molecule has 0 aromatic rings. The topological polar surface area (TPSA) is 48.0 Å². The highest BCUT2D eigenvalue weighted by Crippen LogP contribution is 1.98. The molecule has 0 spiro atoms. The molecule has 0 aliphatic heterocycles. The third-order valence-electron chi connectivity index (χ3n) is 2.86. The Morgan fingerprint density at radius 1 is 1.00 bits per heavy atom. The molecule has 5 nitrogen and oxygen atoms in total. The van der Waals surface area contributed by atoms with Crippen LogP contribution >= 0.6 is 0 Å². The Hall–Kier alpha value is -0.910. The van der Waals surface area contributed by atoms with Gasteiger partial charge in [-0.1, -0.05) is 33.3 Å². The molecule has 0 aromatic heterocycles. The van der Waals surface area contributed by atoms with Gasteiger partial charge in [-0.2, -0.15) is 0 Å². The molecule has 0 fully saturated rings. The third kappa shape index (κ3) is 13.8. The molecule has 124 valence electrons. The van der Waals surface area contributed by atoms with Gasteiger partial charge in [-0.15, -0.1) is 0 Å². The molecule has 0 bridgehead atoms. The quantitative estimate of drug-likeness (QED) is 0.201. The van der Waals surface area contributed by atoms with Gasteiger partial charge < -0.3 is 14.2 Å². The summed E-state index contributed by atoms with van der Waals surface area (Å²) in [7, 11) is 0. The molecule has 0 saturated carbocycles. The van der Waals surface area contributed by atoms with Crippen molar-refractivity contribution in [2.75, 3.05) is 39.8 Å². The molecule has 0 rings (SSSR count). The van der Waals surface area contributed by atoms with Gasteiger partial charge in [0, 0.05) is 25.8 Å². The first-order valence-electron chi connectivity index (χ1n) is 7.91. The van der Waals surface area contributed by atoms with Gasteiger partial charge in [0.2, 0.25) is 0 Å². The average molecular weight is 301 g/mol. The first-order valence-corrected chi connectivity index (χ1v) is 7.91. The summed E-state index contributed by atoms with van der Waals surface area (Å²) in [5, 5.41) is 0. The zero-order valence-corrected chi connectivity index (χ0v) is 13.6. The summed E-state index contributed by atoms with van der Waals surface area (Å²) < 4.78 is 16.2. The summed E-state index contributed by atoms with van der Waals surface area (Å²) >= 11 is 0. The van der Waals surface area contributed by atoms with Gasteiger partial charge in [0.25, 0.3) is 0 Å². The highest BCUT2D eigenvalue weighted by atomic mass is 16.5. The van der Waals surface area contributed by atoms with E-state index in [1.54, 1.807) is 0 Å². The van der Waals surface area contributed by atoms with Crippen molar-refractivity contribution in [2.24, 2.45) is 0 Å². The molecule has 0 unspecified atom stereocenters. The highest BCUT2D eigenvalue weighted by molar-refractivity contribution is 5.81. The van der Waals surface area contributed by atoms with E-state index in [9.17, 15) is 4.79 Å². The lowest BCUT2D eigenvalue weighted by atomic mass is 10.4. The minimum atomic E-state index is -0.375. The molecule has 0 amide bonds. The second-order valence-electron chi connectivity index (χ2n) is 4.90. The fourth-order valence-corrected chi connectivity index (χ4v) is 1.57. The molecular formula is C16H31NO4. The van der Waals surface area contributed by atoms with Crippen molar-refractivity contribution in [3.63, 3.8) is 0 Å². The van der Waals surface area contributed by atoms with E-state index >= 15 is 0 Å². The minimum absolute atomic E-state index is 0.375. The van der Waals surface area contributed by atoms with E-state index < -0.39 is 0 Å². The predicted molar refractivity (Wildman–Crippen MR) is 83.9 cm³/mol. The Morgan fingerprint density at radius 2 is 1.57 bits per heavy atom. The maximum atomic E-state index is 10.9. The Labute approximate surface area is 129 Å². The zero-order chi connectivity index (χ0) is 15.8. The van der Waals surface area contributed by atoms with Crippen LogP contribution in [0.1, 0.15) is 46.0 Å². The van der Waals surface area contributed by atoms with Gasteiger partial charge in [0.05, 0.1) is 6.61 Å². The van der Waals surface area contributed by atoms with Gasteiger partial charge in [-0.25, -0.2) is 4.79 Å². The number of esters is 1. The standard InChI is InChI=1S/C16H31NO4/c1-4-7-11-19-14-17(15-20-12-8-5-2)10-9-13-21-16(18)6-3/h6H,3-5,7-15H2,1-2H3. The molecule has 0 saturated heterocycles. The van der Waals surface area contributed by atoms with Crippen LogP contribution in [0.4, 0.5) is 0 Å². The SMILES string of the molecule is C=CC(=O)OCCCN(COCCCC)COCCCC. The largest absolute Gasteiger partial charge is 0.462 e. The molecule has 0 aliphatic rings. The summed E-state index contributed by atoms with van der Waals surface area (Å²) in [5.41, 5.74) is 0. The highest BCUT2D eigenvalue weighted by Gasteiger charge is 2.06. The van der Waals surface area contributed by atoms with Gasteiger partial charge in [0.1, 0.15) is 13.5 Å². The van der Waals surface area contributed by atoms with Crippen LogP contribution < -0.4 is 0 Å². The maximum Gasteiger partial charge on any atom is 0.330 e. The molecule has 0 N–H and O–H groups in total. The molecule has 5 heteroatoms. The number of carbonyl (C=O) groups is 1. The Morgan fingerprint density at radius 3 is 2.05 bits per heavy atom. The van der Waals surface area contributed by atoms with E-state index in [0.717, 1.165) is 51.9 Å². The van der Waals surface area contributed by atoms with E-state index in [1.807, 2.05) is 0 Å². The van der Waals surface area contributed by atoms with E-state index in [4.69, 9.17) is 14.2 Å². The number of ether oxygens (including phenoxy) is 3. The van der Waals surface area contributed by atoms with Crippen molar-refractivity contribution in [3.8, 4) is 0 Å². The van der Waals surface area contributed by atoms with Crippen LogP contribution in [0.2, 0.25) is 0 Å². The van der Waals surface area contributed by atoms with Crippen LogP contribution in [0.3, 0.4) is 0 Å². The van der Waals surface area contributed by atoms with Crippen LogP contribution in [0.5, 0.6) is 0 Å². The minimum Gasteiger partial charge on any atom is -0.462 e. The summed E-state index contributed by atoms with van der Waals surface area (Å²) in [5.74, 6) is -0.375. The molecule has 0 atom stereocenters. The maximum absolute atomic E-state index is 10.9. The summed E-state index contributed by atoms with van der Waals surface area (Å²) in [6, 6.07) is 0. The normalized spacial score (nSPS) is 10.8. The van der Waals surface area contributed by atoms with E-state index in [2.05, 4.69) is 25.3 Å². The number of unbranched alkanes of at least 4 members (excludes halogenated alkanes) is 2. The molecule has 21 heavy (non-hydrogen) atoms. The number of rotatable bonds is 15. The Bertz CT molecular complexity index is 247. The first-order chi connectivity index (χ1) is 10.2. The van der Waals surface area contributed by atoms with E-state index in [0.29, 0.717) is 20.1 Å². The molecular weight excluding hydrogens is 270 g/mol. The smallest absolute Gasteiger partial charge is 0.330 e. The predicted octanol–water partition coefficient (Wildman–Crippen LogP) is 2.96. The number of hydrogen-bond acceptors (Lipinski definition) is 5. The van der Waals surface area contributed by atoms with Crippen LogP contribution in [0.25, 0.3) is 0 Å². The van der Waals surface area contributed by atoms with Crippen molar-refractivity contribution in [1.82, 2.24) is 4.90 Å². The lowest BCUT2D eigenvalue weighted by molar-refractivity contribution is -0.138. The van der Waals surface area contributed by atoms with Crippen LogP contribution in [0, 0.1) is 0 Å². The second-order valence-corrected chi connectivity index (χ2v) is 4.90. The molecule has 0 radical (unpaired) electrons. The van der Waals surface area contributed by atoms with Crippen molar-refractivity contribution in [2.45, 2.75) is 46.0 Å². The molecule has 0 heterocycles. The fourth-order valence-electron chi connectivity index (χ4n) is 1.57.